The van der Waals surface area contributed by atoms with Crippen molar-refractivity contribution in [2.45, 2.75) is 5.92 Å². The molecule has 3 aromatic rings. The quantitative estimate of drug-likeness (QED) is 0.745. The van der Waals surface area contributed by atoms with E-state index in [1.165, 1.54) is 13.4 Å². The van der Waals surface area contributed by atoms with Crippen LogP contribution in [0.25, 0.3) is 5.52 Å². The van der Waals surface area contributed by atoms with Crippen molar-refractivity contribution >= 4 is 22.8 Å². The van der Waals surface area contributed by atoms with Crippen molar-refractivity contribution in [3.63, 3.8) is 0 Å². The van der Waals surface area contributed by atoms with Gasteiger partial charge in [0.15, 0.2) is 5.75 Å². The zero-order valence-electron chi connectivity index (χ0n) is 11.8. The number of anilines is 2. The van der Waals surface area contributed by atoms with Gasteiger partial charge in [-0.05, 0) is 11.6 Å². The fourth-order valence-electron chi connectivity index (χ4n) is 2.93. The molecule has 1 aliphatic rings. The Labute approximate surface area is 125 Å². The predicted molar refractivity (Wildman–Crippen MR) is 80.9 cm³/mol. The Morgan fingerprint density at radius 2 is 2.18 bits per heavy atom. The number of nitrogen functional groups attached to an aromatic ring is 1. The van der Waals surface area contributed by atoms with Gasteiger partial charge in [0.05, 0.1) is 24.7 Å². The van der Waals surface area contributed by atoms with Gasteiger partial charge in [-0.25, -0.2) is 9.50 Å². The van der Waals surface area contributed by atoms with Gasteiger partial charge in [-0.3, -0.25) is 4.79 Å². The van der Waals surface area contributed by atoms with E-state index in [2.05, 4.69) is 15.4 Å². The summed E-state index contributed by atoms with van der Waals surface area (Å²) in [7, 11) is 1.53. The number of rotatable bonds is 2. The molecule has 0 saturated heterocycles. The van der Waals surface area contributed by atoms with Gasteiger partial charge in [0, 0.05) is 5.69 Å². The second-order valence-electron chi connectivity index (χ2n) is 5.07. The van der Waals surface area contributed by atoms with Crippen LogP contribution in [0.5, 0.6) is 5.75 Å². The summed E-state index contributed by atoms with van der Waals surface area (Å²) in [6.07, 6.45) is 3.06. The van der Waals surface area contributed by atoms with Crippen LogP contribution in [0, 0.1) is 0 Å². The van der Waals surface area contributed by atoms with E-state index < -0.39 is 5.92 Å². The highest BCUT2D eigenvalue weighted by molar-refractivity contribution is 6.06. The SMILES string of the molecule is COc1c(N)cn2ncnc(C3C(=O)Nc4ccccc43)c12. The van der Waals surface area contributed by atoms with Crippen molar-refractivity contribution in [1.82, 2.24) is 14.6 Å². The molecule has 1 unspecified atom stereocenters. The molecule has 1 aromatic carbocycles. The van der Waals surface area contributed by atoms with Crippen LogP contribution in [0.15, 0.2) is 36.8 Å². The van der Waals surface area contributed by atoms with E-state index in [9.17, 15) is 4.79 Å². The highest BCUT2D eigenvalue weighted by Gasteiger charge is 2.35. The van der Waals surface area contributed by atoms with Crippen molar-refractivity contribution in [1.29, 1.82) is 0 Å². The zero-order chi connectivity index (χ0) is 15.3. The van der Waals surface area contributed by atoms with Crippen LogP contribution in [0.1, 0.15) is 17.2 Å². The molecule has 3 N–H and O–H groups in total. The van der Waals surface area contributed by atoms with E-state index in [1.54, 1.807) is 10.7 Å². The maximum absolute atomic E-state index is 12.4. The Balaban J connectivity index is 2.01. The third kappa shape index (κ3) is 1.59. The largest absolute Gasteiger partial charge is 0.492 e. The molecule has 0 saturated carbocycles. The number of hydrogen-bond acceptors (Lipinski definition) is 5. The lowest BCUT2D eigenvalue weighted by Crippen LogP contribution is -2.16. The Morgan fingerprint density at radius 1 is 1.36 bits per heavy atom. The molecule has 0 aliphatic carbocycles. The summed E-state index contributed by atoms with van der Waals surface area (Å²) in [5.41, 5.74) is 9.27. The molecule has 7 heteroatoms. The van der Waals surface area contributed by atoms with Gasteiger partial charge in [0.2, 0.25) is 5.91 Å². The van der Waals surface area contributed by atoms with Crippen LogP contribution >= 0.6 is 0 Å². The van der Waals surface area contributed by atoms with Crippen LogP contribution in [0.2, 0.25) is 0 Å². The molecule has 1 amide bonds. The van der Waals surface area contributed by atoms with Crippen LogP contribution < -0.4 is 15.8 Å². The molecule has 1 atom stereocenters. The first kappa shape index (κ1) is 12.6. The van der Waals surface area contributed by atoms with Crippen molar-refractivity contribution in [2.75, 3.05) is 18.2 Å². The fourth-order valence-corrected chi connectivity index (χ4v) is 2.93. The molecule has 2 aromatic heterocycles. The van der Waals surface area contributed by atoms with E-state index in [0.29, 0.717) is 22.6 Å². The molecule has 4 rings (SSSR count). The number of nitrogens with two attached hydrogens (primary N) is 1. The Kier molecular flexibility index (Phi) is 2.56. The fraction of sp³-hybridized carbons (Fsp3) is 0.133. The van der Waals surface area contributed by atoms with Crippen LogP contribution in [0.3, 0.4) is 0 Å². The highest BCUT2D eigenvalue weighted by Crippen LogP contribution is 2.40. The number of para-hydroxylation sites is 1. The minimum Gasteiger partial charge on any atom is -0.492 e. The summed E-state index contributed by atoms with van der Waals surface area (Å²) in [6, 6.07) is 7.56. The van der Waals surface area contributed by atoms with Gasteiger partial charge in [-0.15, -0.1) is 0 Å². The molecule has 1 aliphatic heterocycles. The Bertz CT molecular complexity index is 902. The molecule has 0 bridgehead atoms. The van der Waals surface area contributed by atoms with Crippen molar-refractivity contribution in [3.8, 4) is 5.75 Å². The Hall–Kier alpha value is -3.09. The lowest BCUT2D eigenvalue weighted by atomic mass is 9.96. The van der Waals surface area contributed by atoms with Gasteiger partial charge in [-0.1, -0.05) is 18.2 Å². The lowest BCUT2D eigenvalue weighted by Gasteiger charge is -2.11. The Morgan fingerprint density at radius 3 is 3.00 bits per heavy atom. The first-order chi connectivity index (χ1) is 10.7. The first-order valence-electron chi connectivity index (χ1n) is 6.76. The van der Waals surface area contributed by atoms with Gasteiger partial charge < -0.3 is 15.8 Å². The summed E-state index contributed by atoms with van der Waals surface area (Å²) in [5.74, 6) is -0.152. The smallest absolute Gasteiger partial charge is 0.238 e. The van der Waals surface area contributed by atoms with E-state index in [0.717, 1.165) is 11.3 Å². The second kappa shape index (κ2) is 4.45. The van der Waals surface area contributed by atoms with Crippen LogP contribution in [-0.4, -0.2) is 27.6 Å². The van der Waals surface area contributed by atoms with Gasteiger partial charge in [0.1, 0.15) is 17.8 Å². The average Bonchev–Trinajstić information content (AvgIpc) is 3.02. The molecule has 22 heavy (non-hydrogen) atoms. The highest BCUT2D eigenvalue weighted by atomic mass is 16.5. The van der Waals surface area contributed by atoms with Gasteiger partial charge in [0.25, 0.3) is 0 Å². The monoisotopic (exact) mass is 295 g/mol. The van der Waals surface area contributed by atoms with Crippen molar-refractivity contribution in [3.05, 3.63) is 48.0 Å². The summed E-state index contributed by atoms with van der Waals surface area (Å²) in [4.78, 5) is 16.8. The predicted octanol–water partition coefficient (Wildman–Crippen LogP) is 1.40. The lowest BCUT2D eigenvalue weighted by molar-refractivity contribution is -0.116. The molecule has 7 nitrogen and oxygen atoms in total. The number of fused-ring (bicyclic) bond motifs is 2. The number of carbonyl (C=O) groups excluding carboxylic acids is 1. The van der Waals surface area contributed by atoms with Crippen LogP contribution in [0.4, 0.5) is 11.4 Å². The molecule has 110 valence electrons. The van der Waals surface area contributed by atoms with Crippen molar-refractivity contribution < 1.29 is 9.53 Å². The topological polar surface area (TPSA) is 94.5 Å². The molecule has 0 spiro atoms. The summed E-state index contributed by atoms with van der Waals surface area (Å²) in [5, 5.41) is 7.01. The van der Waals surface area contributed by atoms with Crippen LogP contribution in [-0.2, 0) is 4.79 Å². The molecular formula is C15H13N5O2. The first-order valence-corrected chi connectivity index (χ1v) is 6.76. The summed E-state index contributed by atoms with van der Waals surface area (Å²) >= 11 is 0. The number of carbonyl (C=O) groups is 1. The van der Waals surface area contributed by atoms with E-state index in [1.807, 2.05) is 24.3 Å². The normalized spacial score (nSPS) is 16.6. The number of aromatic nitrogens is 3. The summed E-state index contributed by atoms with van der Waals surface area (Å²) < 4.78 is 6.95. The molecular weight excluding hydrogens is 282 g/mol. The standard InChI is InChI=1S/C15H13N5O2/c1-22-14-9(16)6-20-13(14)12(17-7-18-20)11-8-4-2-3-5-10(8)19-15(11)21/h2-7,11H,16H2,1H3,(H,19,21). The number of benzene rings is 1. The van der Waals surface area contributed by atoms with E-state index in [-0.39, 0.29) is 5.91 Å². The summed E-state index contributed by atoms with van der Waals surface area (Å²) in [6.45, 7) is 0. The maximum atomic E-state index is 12.4. The molecule has 0 radical (unpaired) electrons. The van der Waals surface area contributed by atoms with E-state index >= 15 is 0 Å². The van der Waals surface area contributed by atoms with Gasteiger partial charge >= 0.3 is 0 Å². The average molecular weight is 295 g/mol. The second-order valence-corrected chi connectivity index (χ2v) is 5.07. The minimum atomic E-state index is -0.509. The third-order valence-corrected chi connectivity index (χ3v) is 3.85. The minimum absolute atomic E-state index is 0.122. The molecule has 3 heterocycles. The number of nitrogens with one attached hydrogen (secondary N) is 1. The van der Waals surface area contributed by atoms with Gasteiger partial charge in [-0.2, -0.15) is 5.10 Å². The number of hydrogen-bond donors (Lipinski definition) is 2. The number of methoxy groups -OCH3 is 1. The van der Waals surface area contributed by atoms with E-state index in [4.69, 9.17) is 10.5 Å². The third-order valence-electron chi connectivity index (χ3n) is 3.85. The number of amides is 1. The molecule has 0 fully saturated rings. The zero-order valence-corrected chi connectivity index (χ0v) is 11.8. The maximum Gasteiger partial charge on any atom is 0.238 e. The number of ether oxygens (including phenoxy) is 1. The van der Waals surface area contributed by atoms with Crippen molar-refractivity contribution in [2.24, 2.45) is 0 Å². The number of nitrogens with zero attached hydrogens (tertiary/aromatic N) is 3.